The molecular weight excluding hydrogens is 490 g/mol. The SMILES string of the molecule is O=C1C(COCc2ccccc2)NC(=O)C2(CCN(CCCCCc3ccccc3)CC2)N1Cc1ccco1. The molecule has 3 heterocycles. The standard InChI is InChI=1S/C32H39N3O4/c36-30-29(25-38-24-27-14-6-2-7-15-27)33-31(37)32(35(30)23-28-16-10-22-39-28)17-20-34(21-18-32)19-9-3-8-13-26-11-4-1-5-12-26/h1-2,4-7,10-12,14-16,22,29H,3,8-9,13,17-21,23-25H2,(H,33,37). The van der Waals surface area contributed by atoms with Gasteiger partial charge >= 0.3 is 0 Å². The molecule has 2 amide bonds. The number of aryl methyl sites for hydroxylation is 1. The third-order valence-corrected chi connectivity index (χ3v) is 8.06. The Morgan fingerprint density at radius 2 is 1.59 bits per heavy atom. The van der Waals surface area contributed by atoms with E-state index in [1.165, 1.54) is 18.4 Å². The number of furan rings is 1. The molecule has 3 aromatic rings. The lowest BCUT2D eigenvalue weighted by Crippen LogP contribution is -2.73. The summed E-state index contributed by atoms with van der Waals surface area (Å²) in [6.45, 7) is 3.43. The highest BCUT2D eigenvalue weighted by Gasteiger charge is 2.53. The van der Waals surface area contributed by atoms with Crippen LogP contribution in [0.4, 0.5) is 0 Å². The molecule has 0 bridgehead atoms. The molecule has 7 heteroatoms. The maximum absolute atomic E-state index is 13.7. The van der Waals surface area contributed by atoms with E-state index in [1.54, 1.807) is 11.2 Å². The number of carbonyl (C=O) groups excluding carboxylic acids is 2. The first kappa shape index (κ1) is 27.2. The molecule has 1 spiro atoms. The molecule has 2 fully saturated rings. The van der Waals surface area contributed by atoms with Gasteiger partial charge in [-0.1, -0.05) is 67.1 Å². The predicted molar refractivity (Wildman–Crippen MR) is 150 cm³/mol. The average molecular weight is 530 g/mol. The lowest BCUT2D eigenvalue weighted by atomic mass is 9.81. The van der Waals surface area contributed by atoms with Crippen LogP contribution in [0.15, 0.2) is 83.5 Å². The number of nitrogens with one attached hydrogen (secondary N) is 1. The average Bonchev–Trinajstić information content (AvgIpc) is 3.49. The highest BCUT2D eigenvalue weighted by atomic mass is 16.5. The van der Waals surface area contributed by atoms with E-state index in [1.807, 2.05) is 42.5 Å². The molecule has 206 valence electrons. The molecule has 1 unspecified atom stereocenters. The van der Waals surface area contributed by atoms with Crippen molar-refractivity contribution in [3.63, 3.8) is 0 Å². The summed E-state index contributed by atoms with van der Waals surface area (Å²) in [4.78, 5) is 31.6. The number of amides is 2. The molecule has 7 nitrogen and oxygen atoms in total. The summed E-state index contributed by atoms with van der Waals surface area (Å²) >= 11 is 0. The number of nitrogens with zero attached hydrogens (tertiary/aromatic N) is 2. The monoisotopic (exact) mass is 529 g/mol. The number of ether oxygens (including phenoxy) is 1. The van der Waals surface area contributed by atoms with Crippen LogP contribution in [-0.4, -0.2) is 59.4 Å². The first-order valence-electron chi connectivity index (χ1n) is 14.2. The Bertz CT molecular complexity index is 1170. The van der Waals surface area contributed by atoms with Gasteiger partial charge in [0.25, 0.3) is 0 Å². The molecule has 0 radical (unpaired) electrons. The lowest BCUT2D eigenvalue weighted by Gasteiger charge is -2.51. The summed E-state index contributed by atoms with van der Waals surface area (Å²) in [6, 6.07) is 23.4. The van der Waals surface area contributed by atoms with Crippen LogP contribution >= 0.6 is 0 Å². The summed E-state index contributed by atoms with van der Waals surface area (Å²) in [6.07, 6.45) is 7.47. The number of benzene rings is 2. The normalized spacial score (nSPS) is 19.4. The third kappa shape index (κ3) is 6.78. The number of likely N-dealkylation sites (tertiary alicyclic amines) is 1. The summed E-state index contributed by atoms with van der Waals surface area (Å²) in [5, 5.41) is 3.01. The predicted octanol–water partition coefficient (Wildman–Crippen LogP) is 4.57. The quantitative estimate of drug-likeness (QED) is 0.348. The number of unbranched alkanes of at least 4 members (excludes halogenated alkanes) is 2. The van der Waals surface area contributed by atoms with Gasteiger partial charge in [0.15, 0.2) is 0 Å². The molecule has 5 rings (SSSR count). The fraction of sp³-hybridized carbons (Fsp3) is 0.438. The number of hydrogen-bond acceptors (Lipinski definition) is 5. The zero-order valence-electron chi connectivity index (χ0n) is 22.6. The summed E-state index contributed by atoms with van der Waals surface area (Å²) in [7, 11) is 0. The van der Waals surface area contributed by atoms with E-state index in [2.05, 4.69) is 40.5 Å². The van der Waals surface area contributed by atoms with Gasteiger partial charge in [0.05, 0.1) is 26.0 Å². The molecule has 2 aliphatic rings. The van der Waals surface area contributed by atoms with Crippen molar-refractivity contribution >= 4 is 11.8 Å². The van der Waals surface area contributed by atoms with E-state index in [0.29, 0.717) is 25.2 Å². The van der Waals surface area contributed by atoms with Crippen LogP contribution in [0.2, 0.25) is 0 Å². The largest absolute Gasteiger partial charge is 0.467 e. The highest BCUT2D eigenvalue weighted by Crippen LogP contribution is 2.34. The minimum absolute atomic E-state index is 0.0792. The van der Waals surface area contributed by atoms with Crippen LogP contribution in [0.3, 0.4) is 0 Å². The summed E-state index contributed by atoms with van der Waals surface area (Å²) in [5.41, 5.74) is 1.57. The van der Waals surface area contributed by atoms with E-state index < -0.39 is 11.6 Å². The highest BCUT2D eigenvalue weighted by molar-refractivity contribution is 6.00. The minimum Gasteiger partial charge on any atom is -0.467 e. The van der Waals surface area contributed by atoms with Gasteiger partial charge in [0, 0.05) is 13.1 Å². The smallest absolute Gasteiger partial charge is 0.248 e. The fourth-order valence-corrected chi connectivity index (χ4v) is 5.77. The molecule has 0 saturated carbocycles. The molecule has 1 N–H and O–H groups in total. The van der Waals surface area contributed by atoms with Crippen LogP contribution in [0, 0.1) is 0 Å². The number of carbonyl (C=O) groups is 2. The second-order valence-corrected chi connectivity index (χ2v) is 10.7. The molecule has 0 aliphatic carbocycles. The second kappa shape index (κ2) is 13.1. The van der Waals surface area contributed by atoms with E-state index in [0.717, 1.165) is 38.0 Å². The molecule has 1 atom stereocenters. The van der Waals surface area contributed by atoms with Crippen molar-refractivity contribution < 1.29 is 18.7 Å². The molecule has 2 aromatic carbocycles. The van der Waals surface area contributed by atoms with Crippen molar-refractivity contribution in [1.29, 1.82) is 0 Å². The zero-order chi connectivity index (χ0) is 26.9. The molecule has 2 aliphatic heterocycles. The van der Waals surface area contributed by atoms with Crippen LogP contribution in [0.5, 0.6) is 0 Å². The van der Waals surface area contributed by atoms with Crippen LogP contribution in [0.25, 0.3) is 0 Å². The van der Waals surface area contributed by atoms with Crippen LogP contribution in [0.1, 0.15) is 49.0 Å². The fourth-order valence-electron chi connectivity index (χ4n) is 5.77. The number of piperidine rings is 1. The van der Waals surface area contributed by atoms with Gasteiger partial charge in [-0.05, 0) is 61.9 Å². The number of hydrogen-bond donors (Lipinski definition) is 1. The van der Waals surface area contributed by atoms with Crippen molar-refractivity contribution in [2.45, 2.75) is 63.3 Å². The van der Waals surface area contributed by atoms with Crippen molar-refractivity contribution in [1.82, 2.24) is 15.1 Å². The molecular formula is C32H39N3O4. The first-order chi connectivity index (χ1) is 19.1. The maximum atomic E-state index is 13.7. The van der Waals surface area contributed by atoms with Crippen molar-refractivity contribution in [3.8, 4) is 0 Å². The van der Waals surface area contributed by atoms with Crippen LogP contribution < -0.4 is 5.32 Å². The first-order valence-corrected chi connectivity index (χ1v) is 14.2. The van der Waals surface area contributed by atoms with E-state index in [9.17, 15) is 9.59 Å². The Labute approximate surface area is 231 Å². The second-order valence-electron chi connectivity index (χ2n) is 10.7. The van der Waals surface area contributed by atoms with Gasteiger partial charge in [-0.2, -0.15) is 0 Å². The third-order valence-electron chi connectivity index (χ3n) is 8.06. The van der Waals surface area contributed by atoms with Gasteiger partial charge in [0.2, 0.25) is 11.8 Å². The Hall–Kier alpha value is -3.42. The van der Waals surface area contributed by atoms with Gasteiger partial charge in [-0.25, -0.2) is 0 Å². The Kier molecular flexibility index (Phi) is 9.12. The van der Waals surface area contributed by atoms with Gasteiger partial charge < -0.3 is 24.3 Å². The van der Waals surface area contributed by atoms with E-state index in [-0.39, 0.29) is 25.0 Å². The minimum atomic E-state index is -0.858. The lowest BCUT2D eigenvalue weighted by molar-refractivity contribution is -0.164. The Morgan fingerprint density at radius 3 is 2.28 bits per heavy atom. The van der Waals surface area contributed by atoms with Gasteiger partial charge in [-0.15, -0.1) is 0 Å². The van der Waals surface area contributed by atoms with Crippen molar-refractivity contribution in [2.24, 2.45) is 0 Å². The van der Waals surface area contributed by atoms with E-state index >= 15 is 0 Å². The summed E-state index contributed by atoms with van der Waals surface area (Å²) in [5.74, 6) is 0.500. The van der Waals surface area contributed by atoms with E-state index in [4.69, 9.17) is 9.15 Å². The summed E-state index contributed by atoms with van der Waals surface area (Å²) < 4.78 is 11.4. The van der Waals surface area contributed by atoms with Crippen molar-refractivity contribution in [3.05, 3.63) is 95.9 Å². The Balaban J connectivity index is 1.16. The number of rotatable bonds is 12. The zero-order valence-corrected chi connectivity index (χ0v) is 22.6. The van der Waals surface area contributed by atoms with Crippen LogP contribution in [-0.2, 0) is 33.9 Å². The molecule has 39 heavy (non-hydrogen) atoms. The van der Waals surface area contributed by atoms with Gasteiger partial charge in [-0.3, -0.25) is 9.59 Å². The molecule has 1 aromatic heterocycles. The molecule has 2 saturated heterocycles. The topological polar surface area (TPSA) is 75.0 Å². The van der Waals surface area contributed by atoms with Crippen molar-refractivity contribution in [2.75, 3.05) is 26.2 Å². The van der Waals surface area contributed by atoms with Gasteiger partial charge in [0.1, 0.15) is 17.3 Å². The maximum Gasteiger partial charge on any atom is 0.248 e. The Morgan fingerprint density at radius 1 is 0.872 bits per heavy atom. The number of piperazine rings is 1.